The molecule has 0 spiro atoms. The van der Waals surface area contributed by atoms with Gasteiger partial charge in [0.25, 0.3) is 0 Å². The van der Waals surface area contributed by atoms with Gasteiger partial charge < -0.3 is 4.74 Å². The Morgan fingerprint density at radius 3 is 2.76 bits per heavy atom. The Balaban J connectivity index is 2.35. The number of aromatic nitrogens is 3. The van der Waals surface area contributed by atoms with Gasteiger partial charge in [-0.25, -0.2) is 14.3 Å². The maximum Gasteiger partial charge on any atom is 0.358 e. The summed E-state index contributed by atoms with van der Waals surface area (Å²) in [7, 11) is 0. The van der Waals surface area contributed by atoms with Gasteiger partial charge in [0.2, 0.25) is 4.96 Å². The fourth-order valence-corrected chi connectivity index (χ4v) is 2.25. The van der Waals surface area contributed by atoms with Gasteiger partial charge in [-0.2, -0.15) is 5.10 Å². The highest BCUT2D eigenvalue weighted by Gasteiger charge is 2.21. The number of carbonyl (C=O) groups is 1. The number of nitrogens with zero attached hydrogens (tertiary/aromatic N) is 3. The van der Waals surface area contributed by atoms with Crippen LogP contribution in [0.5, 0.6) is 0 Å². The Hall–Kier alpha value is -1.43. The van der Waals surface area contributed by atoms with Crippen LogP contribution in [0.15, 0.2) is 6.20 Å². The van der Waals surface area contributed by atoms with Crippen molar-refractivity contribution in [3.63, 3.8) is 0 Å². The van der Waals surface area contributed by atoms with E-state index >= 15 is 0 Å². The summed E-state index contributed by atoms with van der Waals surface area (Å²) in [6.45, 7) is 8.41. The van der Waals surface area contributed by atoms with Crippen LogP contribution >= 0.6 is 11.3 Å². The lowest BCUT2D eigenvalue weighted by Crippen LogP contribution is -2.11. The number of hydrogen-bond acceptors (Lipinski definition) is 5. The molecule has 0 unspecified atom stereocenters. The van der Waals surface area contributed by atoms with Gasteiger partial charge in [0.15, 0.2) is 5.69 Å². The number of ether oxygens (including phenoxy) is 1. The fraction of sp³-hybridized carbons (Fsp3) is 0.545. The molecule has 0 N–H and O–H groups in total. The molecule has 0 aliphatic carbocycles. The molecule has 0 saturated heterocycles. The lowest BCUT2D eigenvalue weighted by molar-refractivity contribution is 0.0520. The van der Waals surface area contributed by atoms with E-state index in [0.717, 1.165) is 9.97 Å². The van der Waals surface area contributed by atoms with Crippen molar-refractivity contribution < 1.29 is 9.53 Å². The average Bonchev–Trinajstić information content (AvgIpc) is 2.72. The molecule has 0 atom stereocenters. The number of rotatable bonds is 2. The third-order valence-electron chi connectivity index (χ3n) is 2.17. The van der Waals surface area contributed by atoms with Crippen molar-refractivity contribution in [2.45, 2.75) is 33.1 Å². The zero-order valence-electron chi connectivity index (χ0n) is 10.4. The summed E-state index contributed by atoms with van der Waals surface area (Å²) in [6.07, 6.45) is 1.61. The first-order chi connectivity index (χ1) is 7.91. The van der Waals surface area contributed by atoms with E-state index in [1.807, 2.05) is 0 Å². The van der Waals surface area contributed by atoms with Gasteiger partial charge in [-0.3, -0.25) is 0 Å². The molecule has 0 aliphatic rings. The van der Waals surface area contributed by atoms with E-state index in [2.05, 4.69) is 30.9 Å². The lowest BCUT2D eigenvalue weighted by atomic mass is 9.98. The molecule has 2 rings (SSSR count). The molecule has 0 aliphatic heterocycles. The Bertz CT molecular complexity index is 519. The Morgan fingerprint density at radius 1 is 1.53 bits per heavy atom. The molecule has 17 heavy (non-hydrogen) atoms. The summed E-state index contributed by atoms with van der Waals surface area (Å²) in [5.41, 5.74) is 0.307. The Kier molecular flexibility index (Phi) is 2.91. The first-order valence-electron chi connectivity index (χ1n) is 5.45. The molecular formula is C11H15N3O2S. The normalized spacial score (nSPS) is 12.0. The van der Waals surface area contributed by atoms with Crippen LogP contribution in [0.1, 0.15) is 43.2 Å². The van der Waals surface area contributed by atoms with Gasteiger partial charge >= 0.3 is 5.97 Å². The van der Waals surface area contributed by atoms with Crippen LogP contribution in [0, 0.1) is 0 Å². The van der Waals surface area contributed by atoms with E-state index in [-0.39, 0.29) is 5.41 Å². The van der Waals surface area contributed by atoms with Crippen molar-refractivity contribution in [3.05, 3.63) is 16.9 Å². The quantitative estimate of drug-likeness (QED) is 0.770. The zero-order chi connectivity index (χ0) is 12.6. The molecule has 0 fully saturated rings. The number of carbonyl (C=O) groups excluding carboxylic acids is 1. The van der Waals surface area contributed by atoms with Crippen LogP contribution in [0.25, 0.3) is 4.96 Å². The highest BCUT2D eigenvalue weighted by atomic mass is 32.1. The van der Waals surface area contributed by atoms with Gasteiger partial charge in [-0.1, -0.05) is 32.1 Å². The van der Waals surface area contributed by atoms with Crippen LogP contribution in [0.2, 0.25) is 0 Å². The van der Waals surface area contributed by atoms with Crippen LogP contribution in [0.3, 0.4) is 0 Å². The molecule has 0 aromatic carbocycles. The smallest absolute Gasteiger partial charge is 0.358 e. The minimum atomic E-state index is -0.400. The first kappa shape index (κ1) is 12.0. The number of esters is 1. The molecule has 0 saturated carbocycles. The summed E-state index contributed by atoms with van der Waals surface area (Å²) in [6, 6.07) is 0. The zero-order valence-corrected chi connectivity index (χ0v) is 11.2. The monoisotopic (exact) mass is 253 g/mol. The summed E-state index contributed by atoms with van der Waals surface area (Å²) < 4.78 is 6.52. The van der Waals surface area contributed by atoms with Crippen LogP contribution in [0.4, 0.5) is 0 Å². The predicted molar refractivity (Wildman–Crippen MR) is 65.5 cm³/mol. The topological polar surface area (TPSA) is 56.5 Å². The van der Waals surface area contributed by atoms with Crippen molar-refractivity contribution in [1.82, 2.24) is 14.6 Å². The van der Waals surface area contributed by atoms with Crippen molar-refractivity contribution in [2.24, 2.45) is 0 Å². The maximum absolute atomic E-state index is 11.5. The molecule has 2 aromatic rings. The molecule has 0 amide bonds. The Morgan fingerprint density at radius 2 is 2.24 bits per heavy atom. The van der Waals surface area contributed by atoms with Gasteiger partial charge in [-0.05, 0) is 6.92 Å². The Labute approximate surface area is 103 Å². The summed E-state index contributed by atoms with van der Waals surface area (Å²) in [5, 5.41) is 5.41. The minimum Gasteiger partial charge on any atom is -0.461 e. The van der Waals surface area contributed by atoms with Gasteiger partial charge in [0, 0.05) is 5.41 Å². The fourth-order valence-electron chi connectivity index (χ4n) is 1.31. The second kappa shape index (κ2) is 4.10. The average molecular weight is 253 g/mol. The van der Waals surface area contributed by atoms with Gasteiger partial charge in [-0.15, -0.1) is 0 Å². The summed E-state index contributed by atoms with van der Waals surface area (Å²) in [5.74, 6) is -0.400. The number of imidazole rings is 1. The minimum absolute atomic E-state index is 0.00451. The van der Waals surface area contributed by atoms with Crippen molar-refractivity contribution >= 4 is 22.3 Å². The molecule has 0 bridgehead atoms. The predicted octanol–water partition coefficient (Wildman–Crippen LogP) is 2.27. The first-order valence-corrected chi connectivity index (χ1v) is 6.27. The van der Waals surface area contributed by atoms with Crippen LogP contribution in [-0.2, 0) is 10.2 Å². The standard InChI is InChI=1S/C11H15N3O2S/c1-5-16-8(15)7-6-14-10(12-7)17-9(13-14)11(2,3)4/h6H,5H2,1-4H3. The second-order valence-electron chi connectivity index (χ2n) is 4.73. The highest BCUT2D eigenvalue weighted by Crippen LogP contribution is 2.27. The van der Waals surface area contributed by atoms with Gasteiger partial charge in [0.1, 0.15) is 5.01 Å². The van der Waals surface area contributed by atoms with Crippen molar-refractivity contribution in [2.75, 3.05) is 6.61 Å². The van der Waals surface area contributed by atoms with E-state index in [4.69, 9.17) is 4.74 Å². The van der Waals surface area contributed by atoms with Gasteiger partial charge in [0.05, 0.1) is 12.8 Å². The van der Waals surface area contributed by atoms with E-state index in [9.17, 15) is 4.79 Å². The molecule has 2 heterocycles. The third kappa shape index (κ3) is 2.31. The van der Waals surface area contributed by atoms with E-state index in [1.165, 1.54) is 11.3 Å². The SMILES string of the molecule is CCOC(=O)c1cn2nc(C(C)(C)C)sc2n1. The van der Waals surface area contributed by atoms with Crippen molar-refractivity contribution in [3.8, 4) is 0 Å². The maximum atomic E-state index is 11.5. The van der Waals surface area contributed by atoms with Crippen LogP contribution in [-0.4, -0.2) is 27.2 Å². The summed E-state index contributed by atoms with van der Waals surface area (Å²) >= 11 is 1.49. The van der Waals surface area contributed by atoms with E-state index < -0.39 is 5.97 Å². The lowest BCUT2D eigenvalue weighted by Gasteiger charge is -2.12. The largest absolute Gasteiger partial charge is 0.461 e. The molecular weight excluding hydrogens is 238 g/mol. The number of fused-ring (bicyclic) bond motifs is 1. The summed E-state index contributed by atoms with van der Waals surface area (Å²) in [4.78, 5) is 16.4. The molecule has 6 heteroatoms. The van der Waals surface area contributed by atoms with Crippen molar-refractivity contribution in [1.29, 1.82) is 0 Å². The van der Waals surface area contributed by atoms with Crippen LogP contribution < -0.4 is 0 Å². The number of hydrogen-bond donors (Lipinski definition) is 0. The van der Waals surface area contributed by atoms with E-state index in [0.29, 0.717) is 12.3 Å². The molecule has 92 valence electrons. The molecule has 5 nitrogen and oxygen atoms in total. The highest BCUT2D eigenvalue weighted by molar-refractivity contribution is 7.16. The molecule has 0 radical (unpaired) electrons. The van der Waals surface area contributed by atoms with E-state index in [1.54, 1.807) is 17.6 Å². The third-order valence-corrected chi connectivity index (χ3v) is 3.52. The second-order valence-corrected chi connectivity index (χ2v) is 5.69. The molecule has 2 aromatic heterocycles.